The lowest BCUT2D eigenvalue weighted by Crippen LogP contribution is -2.57. The van der Waals surface area contributed by atoms with Crippen molar-refractivity contribution in [2.24, 2.45) is 0 Å². The minimum Gasteiger partial charge on any atom is -0.466 e. The number of ether oxygens (including phenoxy) is 4. The summed E-state index contributed by atoms with van der Waals surface area (Å²) in [5.74, 6) is -0.578. The number of hydrogen-bond acceptors (Lipinski definition) is 12. The fourth-order valence-corrected chi connectivity index (χ4v) is 11.6. The van der Waals surface area contributed by atoms with Gasteiger partial charge in [-0.1, -0.05) is 240 Å². The van der Waals surface area contributed by atoms with Crippen molar-refractivity contribution in [3.8, 4) is 0 Å². The highest BCUT2D eigenvalue weighted by atomic mass is 16.5. The van der Waals surface area contributed by atoms with E-state index in [9.17, 15) is 19.2 Å². The Morgan fingerprint density at radius 3 is 0.778 bits per heavy atom. The summed E-state index contributed by atoms with van der Waals surface area (Å²) in [6.07, 6.45) is 49.0. The molecule has 81 heavy (non-hydrogen) atoms. The lowest BCUT2D eigenvalue weighted by Gasteiger charge is -2.45. The summed E-state index contributed by atoms with van der Waals surface area (Å²) in [4.78, 5) is 61.4. The molecule has 0 unspecified atom stereocenters. The second kappa shape index (κ2) is 58.1. The second-order valence-electron chi connectivity index (χ2n) is 24.6. The molecule has 1 heterocycles. The van der Waals surface area contributed by atoms with Crippen LogP contribution in [0.1, 0.15) is 318 Å². The SMILES string of the molecule is CCCCCCCCCCCCOC(=O)CCN(CCCN1C[C@@H](C)N(CCCN(CCC(=O)OCCCCCCCCCCC)CCC(=O)OCCCCCCCCCCC)[C@H](C)C1)CCC(=O)OCCCCCCCCCCC. The van der Waals surface area contributed by atoms with Gasteiger partial charge < -0.3 is 33.6 Å². The minimum absolute atomic E-state index is 0.144. The predicted octanol–water partition coefficient (Wildman–Crippen LogP) is 17.0. The van der Waals surface area contributed by atoms with Crippen LogP contribution in [0.25, 0.3) is 0 Å². The van der Waals surface area contributed by atoms with E-state index in [2.05, 4.69) is 61.1 Å². The summed E-state index contributed by atoms with van der Waals surface area (Å²) in [5.41, 5.74) is 0. The Morgan fingerprint density at radius 1 is 0.309 bits per heavy atom. The van der Waals surface area contributed by atoms with Gasteiger partial charge in [0.15, 0.2) is 0 Å². The second-order valence-corrected chi connectivity index (χ2v) is 24.6. The molecule has 0 spiro atoms. The molecule has 12 nitrogen and oxygen atoms in total. The van der Waals surface area contributed by atoms with Gasteiger partial charge in [0.1, 0.15) is 0 Å². The topological polar surface area (TPSA) is 118 Å². The van der Waals surface area contributed by atoms with Crippen LogP contribution in [-0.4, -0.2) is 147 Å². The van der Waals surface area contributed by atoms with Crippen LogP contribution in [0.5, 0.6) is 0 Å². The molecule has 0 aromatic rings. The van der Waals surface area contributed by atoms with E-state index in [4.69, 9.17) is 18.9 Å². The van der Waals surface area contributed by atoms with Gasteiger partial charge in [-0.05, 0) is 72.0 Å². The number of carbonyl (C=O) groups is 4. The van der Waals surface area contributed by atoms with Gasteiger partial charge in [0.05, 0.1) is 52.1 Å². The van der Waals surface area contributed by atoms with Crippen LogP contribution in [0.3, 0.4) is 0 Å². The van der Waals surface area contributed by atoms with Gasteiger partial charge in [-0.15, -0.1) is 0 Å². The largest absolute Gasteiger partial charge is 0.466 e. The molecule has 1 aliphatic rings. The van der Waals surface area contributed by atoms with Crippen molar-refractivity contribution in [2.45, 2.75) is 330 Å². The Morgan fingerprint density at radius 2 is 0.531 bits per heavy atom. The summed E-state index contributed by atoms with van der Waals surface area (Å²) >= 11 is 0. The molecule has 12 heteroatoms. The van der Waals surface area contributed by atoms with Gasteiger partial charge in [0.2, 0.25) is 0 Å². The molecule has 1 aliphatic heterocycles. The number of carbonyl (C=O) groups excluding carboxylic acids is 4. The maximum absolute atomic E-state index is 12.9. The first-order valence-corrected chi connectivity index (χ1v) is 35.2. The van der Waals surface area contributed by atoms with Crippen molar-refractivity contribution in [3.05, 3.63) is 0 Å². The lowest BCUT2D eigenvalue weighted by atomic mass is 10.1. The first-order chi connectivity index (χ1) is 39.6. The van der Waals surface area contributed by atoms with Gasteiger partial charge in [-0.3, -0.25) is 24.1 Å². The van der Waals surface area contributed by atoms with E-state index < -0.39 is 0 Å². The van der Waals surface area contributed by atoms with Crippen molar-refractivity contribution in [1.29, 1.82) is 0 Å². The zero-order valence-electron chi connectivity index (χ0n) is 54.5. The van der Waals surface area contributed by atoms with Gasteiger partial charge in [0.25, 0.3) is 0 Å². The average Bonchev–Trinajstić information content (AvgIpc) is 3.45. The highest BCUT2D eigenvalue weighted by Crippen LogP contribution is 2.19. The van der Waals surface area contributed by atoms with E-state index in [1.54, 1.807) is 0 Å². The molecule has 0 aromatic carbocycles. The zero-order chi connectivity index (χ0) is 58.9. The van der Waals surface area contributed by atoms with Crippen molar-refractivity contribution >= 4 is 23.9 Å². The highest BCUT2D eigenvalue weighted by Gasteiger charge is 2.29. The van der Waals surface area contributed by atoms with Gasteiger partial charge >= 0.3 is 23.9 Å². The van der Waals surface area contributed by atoms with E-state index >= 15 is 0 Å². The molecule has 0 aliphatic carbocycles. The summed E-state index contributed by atoms with van der Waals surface area (Å²) in [6.45, 7) is 23.5. The molecular formula is C69H134N4O8. The van der Waals surface area contributed by atoms with Crippen LogP contribution >= 0.6 is 0 Å². The summed E-state index contributed by atoms with van der Waals surface area (Å²) in [6, 6.07) is 0.771. The number of hydrogen-bond donors (Lipinski definition) is 0. The van der Waals surface area contributed by atoms with Crippen molar-refractivity contribution in [2.75, 3.05) is 91.9 Å². The zero-order valence-corrected chi connectivity index (χ0v) is 54.5. The number of nitrogens with zero attached hydrogens (tertiary/aromatic N) is 4. The molecule has 0 saturated carbocycles. The third-order valence-electron chi connectivity index (χ3n) is 16.8. The highest BCUT2D eigenvalue weighted by molar-refractivity contribution is 5.71. The molecule has 1 saturated heterocycles. The van der Waals surface area contributed by atoms with Crippen molar-refractivity contribution in [1.82, 2.24) is 19.6 Å². The van der Waals surface area contributed by atoms with E-state index in [0.717, 1.165) is 103 Å². The average molecular weight is 1150 g/mol. The van der Waals surface area contributed by atoms with E-state index in [0.29, 0.717) is 90.4 Å². The standard InChI is InChI=1S/C69H134N4O8/c1-7-11-15-19-23-27-31-35-39-43-61-79-67(75)47-55-70(54-46-66(74)78-58-40-36-32-28-24-20-16-12-8-2)50-44-52-72-62-64(5)73(65(6)63-72)53-45-51-71(56-48-68(76)80-59-41-37-33-29-25-21-17-13-9-3)57-49-69(77)81-60-42-38-34-30-26-22-18-14-10-4/h64-65H,7-63H2,1-6H3/t64-,65-/m1/s1. The first kappa shape index (κ1) is 76.7. The smallest absolute Gasteiger partial charge is 0.307 e. The van der Waals surface area contributed by atoms with Crippen LogP contribution < -0.4 is 0 Å². The molecule has 1 fully saturated rings. The maximum atomic E-state index is 12.9. The summed E-state index contributed by atoms with van der Waals surface area (Å²) < 4.78 is 22.7. The maximum Gasteiger partial charge on any atom is 0.307 e. The summed E-state index contributed by atoms with van der Waals surface area (Å²) in [5, 5.41) is 0. The normalized spacial score (nSPS) is 15.0. The predicted molar refractivity (Wildman–Crippen MR) is 340 cm³/mol. The molecule has 478 valence electrons. The molecule has 0 bridgehead atoms. The molecule has 1 rings (SSSR count). The van der Waals surface area contributed by atoms with Gasteiger partial charge in [-0.25, -0.2) is 0 Å². The van der Waals surface area contributed by atoms with Gasteiger partial charge in [0, 0.05) is 57.9 Å². The number of piperazine rings is 1. The third kappa shape index (κ3) is 49.7. The van der Waals surface area contributed by atoms with Crippen LogP contribution in [0.15, 0.2) is 0 Å². The van der Waals surface area contributed by atoms with Crippen LogP contribution in [0, 0.1) is 0 Å². The van der Waals surface area contributed by atoms with E-state index in [1.807, 2.05) is 0 Å². The fraction of sp³-hybridized carbons (Fsp3) is 0.942. The lowest BCUT2D eigenvalue weighted by molar-refractivity contribution is -0.146. The third-order valence-corrected chi connectivity index (χ3v) is 16.8. The summed E-state index contributed by atoms with van der Waals surface area (Å²) in [7, 11) is 0. The molecule has 0 aromatic heterocycles. The fourth-order valence-electron chi connectivity index (χ4n) is 11.6. The molecule has 0 amide bonds. The number of unbranched alkanes of at least 4 members (excludes halogenated alkanes) is 33. The minimum atomic E-state index is -0.145. The van der Waals surface area contributed by atoms with Crippen LogP contribution in [-0.2, 0) is 38.1 Å². The first-order valence-electron chi connectivity index (χ1n) is 35.2. The molecule has 0 N–H and O–H groups in total. The Balaban J connectivity index is 2.67. The monoisotopic (exact) mass is 1150 g/mol. The number of rotatable bonds is 61. The molecule has 0 radical (unpaired) electrons. The number of esters is 4. The molecule has 2 atom stereocenters. The van der Waals surface area contributed by atoms with Crippen molar-refractivity contribution < 1.29 is 38.1 Å². The quantitative estimate of drug-likeness (QED) is 0.0328. The van der Waals surface area contributed by atoms with Crippen molar-refractivity contribution in [3.63, 3.8) is 0 Å². The van der Waals surface area contributed by atoms with E-state index in [1.165, 1.54) is 186 Å². The Hall–Kier alpha value is -2.28. The molecular weight excluding hydrogens is 1010 g/mol. The Labute approximate surface area is 501 Å². The van der Waals surface area contributed by atoms with E-state index in [-0.39, 0.29) is 23.9 Å². The Bertz CT molecular complexity index is 1370. The Kier molecular flexibility index (Phi) is 55.1. The van der Waals surface area contributed by atoms with Gasteiger partial charge in [-0.2, -0.15) is 0 Å². The van der Waals surface area contributed by atoms with Crippen LogP contribution in [0.2, 0.25) is 0 Å². The van der Waals surface area contributed by atoms with Crippen LogP contribution in [0.4, 0.5) is 0 Å².